The Bertz CT molecular complexity index is 587. The van der Waals surface area contributed by atoms with Gasteiger partial charge < -0.3 is 15.0 Å². The van der Waals surface area contributed by atoms with Crippen molar-refractivity contribution >= 4 is 35.0 Å². The Morgan fingerprint density at radius 2 is 2.29 bits per heavy atom. The largest absolute Gasteiger partial charge is 0.479 e. The summed E-state index contributed by atoms with van der Waals surface area (Å²) in [6, 6.07) is 0. The van der Waals surface area contributed by atoms with E-state index in [1.165, 1.54) is 11.8 Å². The lowest BCUT2D eigenvalue weighted by Gasteiger charge is -2.24. The fourth-order valence-corrected chi connectivity index (χ4v) is 4.37. The van der Waals surface area contributed by atoms with E-state index in [0.717, 1.165) is 22.8 Å². The summed E-state index contributed by atoms with van der Waals surface area (Å²) in [4.78, 5) is 34.8. The Hall–Kier alpha value is -1.28. The van der Waals surface area contributed by atoms with Gasteiger partial charge in [0.2, 0.25) is 5.91 Å². The molecule has 8 heteroatoms. The Morgan fingerprint density at radius 1 is 1.52 bits per heavy atom. The molecule has 1 unspecified atom stereocenters. The van der Waals surface area contributed by atoms with Crippen LogP contribution in [0.2, 0.25) is 0 Å². The van der Waals surface area contributed by atoms with Crippen LogP contribution in [0.3, 0.4) is 0 Å². The van der Waals surface area contributed by atoms with E-state index >= 15 is 0 Å². The second-order valence-electron chi connectivity index (χ2n) is 5.14. The molecule has 1 fully saturated rings. The highest BCUT2D eigenvalue weighted by Gasteiger charge is 2.43. The molecule has 0 saturated carbocycles. The zero-order chi connectivity index (χ0) is 15.5. The maximum atomic E-state index is 11.9. The molecule has 0 aliphatic carbocycles. The molecule has 21 heavy (non-hydrogen) atoms. The van der Waals surface area contributed by atoms with Crippen molar-refractivity contribution in [2.24, 2.45) is 0 Å². The standard InChI is InChI=1S/C13H18N2O4S2/c1-9-7-21-12(19)15(9)5-2-3-10(16)14-13(11(17)18)4-6-20-8-13/h7H,2-6,8H2,1H3,(H,14,16)(H,17,18). The number of carboxylic acid groups (broad SMARTS) is 1. The number of hydrogen-bond acceptors (Lipinski definition) is 5. The number of nitrogens with zero attached hydrogens (tertiary/aromatic N) is 1. The number of carbonyl (C=O) groups excluding carboxylic acids is 1. The normalized spacial score (nSPS) is 21.4. The lowest BCUT2D eigenvalue weighted by Crippen LogP contribution is -2.54. The van der Waals surface area contributed by atoms with Crippen LogP contribution in [-0.4, -0.2) is 38.6 Å². The number of carboxylic acids is 1. The molecule has 0 spiro atoms. The van der Waals surface area contributed by atoms with Gasteiger partial charge in [-0.3, -0.25) is 9.59 Å². The third-order valence-electron chi connectivity index (χ3n) is 3.57. The number of hydrogen-bond donors (Lipinski definition) is 2. The van der Waals surface area contributed by atoms with Gasteiger partial charge >= 0.3 is 10.8 Å². The molecular formula is C13H18N2O4S2. The van der Waals surface area contributed by atoms with Gasteiger partial charge in [0.25, 0.3) is 0 Å². The van der Waals surface area contributed by atoms with Gasteiger partial charge in [0.1, 0.15) is 5.54 Å². The first kappa shape index (κ1) is 16.1. The fraction of sp³-hybridized carbons (Fsp3) is 0.615. The Labute approximate surface area is 130 Å². The summed E-state index contributed by atoms with van der Waals surface area (Å²) in [7, 11) is 0. The summed E-state index contributed by atoms with van der Waals surface area (Å²) in [5.74, 6) is -0.0701. The molecule has 2 rings (SSSR count). The maximum Gasteiger partial charge on any atom is 0.330 e. The molecule has 6 nitrogen and oxygen atoms in total. The molecule has 1 aromatic rings. The van der Waals surface area contributed by atoms with Crippen LogP contribution in [0.25, 0.3) is 0 Å². The first-order valence-electron chi connectivity index (χ1n) is 6.72. The van der Waals surface area contributed by atoms with Crippen molar-refractivity contribution in [3.05, 3.63) is 20.7 Å². The van der Waals surface area contributed by atoms with E-state index in [9.17, 15) is 19.5 Å². The third kappa shape index (κ3) is 3.68. The van der Waals surface area contributed by atoms with E-state index in [-0.39, 0.29) is 17.2 Å². The van der Waals surface area contributed by atoms with Gasteiger partial charge in [-0.25, -0.2) is 4.79 Å². The lowest BCUT2D eigenvalue weighted by atomic mass is 9.99. The van der Waals surface area contributed by atoms with Gasteiger partial charge in [0, 0.05) is 29.8 Å². The maximum absolute atomic E-state index is 11.9. The van der Waals surface area contributed by atoms with Crippen molar-refractivity contribution in [2.45, 2.75) is 38.3 Å². The van der Waals surface area contributed by atoms with E-state index in [4.69, 9.17) is 0 Å². The minimum Gasteiger partial charge on any atom is -0.479 e. The van der Waals surface area contributed by atoms with E-state index in [1.807, 2.05) is 6.92 Å². The highest BCUT2D eigenvalue weighted by Crippen LogP contribution is 2.28. The van der Waals surface area contributed by atoms with Gasteiger partial charge in [0.05, 0.1) is 0 Å². The molecule has 1 aliphatic rings. The van der Waals surface area contributed by atoms with Gasteiger partial charge in [-0.1, -0.05) is 11.3 Å². The van der Waals surface area contributed by atoms with Crippen LogP contribution in [-0.2, 0) is 16.1 Å². The minimum absolute atomic E-state index is 0.0258. The number of rotatable bonds is 6. The monoisotopic (exact) mass is 330 g/mol. The number of amides is 1. The van der Waals surface area contributed by atoms with Gasteiger partial charge in [0.15, 0.2) is 0 Å². The van der Waals surface area contributed by atoms with Gasteiger partial charge in [-0.2, -0.15) is 11.8 Å². The van der Waals surface area contributed by atoms with Gasteiger partial charge in [-0.15, -0.1) is 0 Å². The number of thioether (sulfide) groups is 1. The summed E-state index contributed by atoms with van der Waals surface area (Å²) >= 11 is 2.68. The fourth-order valence-electron chi connectivity index (χ4n) is 2.29. The number of aromatic nitrogens is 1. The molecule has 1 aliphatic heterocycles. The van der Waals surface area contributed by atoms with Crippen molar-refractivity contribution in [1.82, 2.24) is 9.88 Å². The molecule has 0 aromatic carbocycles. The van der Waals surface area contributed by atoms with E-state index in [0.29, 0.717) is 25.1 Å². The van der Waals surface area contributed by atoms with Crippen molar-refractivity contribution in [3.63, 3.8) is 0 Å². The van der Waals surface area contributed by atoms with E-state index in [1.54, 1.807) is 9.95 Å². The molecule has 1 atom stereocenters. The van der Waals surface area contributed by atoms with Crippen LogP contribution in [0.4, 0.5) is 0 Å². The number of carbonyl (C=O) groups is 2. The highest BCUT2D eigenvalue weighted by atomic mass is 32.2. The summed E-state index contributed by atoms with van der Waals surface area (Å²) < 4.78 is 1.64. The van der Waals surface area contributed by atoms with Crippen molar-refractivity contribution in [3.8, 4) is 0 Å². The molecule has 1 aromatic heterocycles. The van der Waals surface area contributed by atoms with E-state index < -0.39 is 11.5 Å². The molecule has 0 bridgehead atoms. The van der Waals surface area contributed by atoms with Crippen LogP contribution in [0.5, 0.6) is 0 Å². The lowest BCUT2D eigenvalue weighted by molar-refractivity contribution is -0.146. The van der Waals surface area contributed by atoms with Crippen LogP contribution in [0.1, 0.15) is 25.0 Å². The van der Waals surface area contributed by atoms with Crippen LogP contribution >= 0.6 is 23.1 Å². The molecule has 116 valence electrons. The summed E-state index contributed by atoms with van der Waals surface area (Å²) in [6.45, 7) is 2.34. The van der Waals surface area contributed by atoms with Crippen molar-refractivity contribution in [1.29, 1.82) is 0 Å². The predicted molar refractivity (Wildman–Crippen MR) is 83.0 cm³/mol. The summed E-state index contributed by atoms with van der Waals surface area (Å²) in [6.07, 6.45) is 1.20. The molecule has 2 N–H and O–H groups in total. The SMILES string of the molecule is Cc1csc(=O)n1CCCC(=O)NC1(C(=O)O)CCSC1. The highest BCUT2D eigenvalue weighted by molar-refractivity contribution is 7.99. The Morgan fingerprint density at radius 3 is 2.81 bits per heavy atom. The Balaban J connectivity index is 1.85. The Kier molecular flexibility index (Phi) is 5.10. The molecule has 1 saturated heterocycles. The van der Waals surface area contributed by atoms with E-state index in [2.05, 4.69) is 5.32 Å². The smallest absolute Gasteiger partial charge is 0.330 e. The van der Waals surface area contributed by atoms with Crippen LogP contribution in [0, 0.1) is 6.92 Å². The van der Waals surface area contributed by atoms with Crippen molar-refractivity contribution in [2.75, 3.05) is 11.5 Å². The first-order chi connectivity index (χ1) is 9.94. The number of thiazole rings is 1. The summed E-state index contributed by atoms with van der Waals surface area (Å²) in [5, 5.41) is 13.7. The third-order valence-corrected chi connectivity index (χ3v) is 5.64. The zero-order valence-electron chi connectivity index (χ0n) is 11.8. The average Bonchev–Trinajstić information content (AvgIpc) is 3.01. The van der Waals surface area contributed by atoms with Crippen LogP contribution < -0.4 is 10.2 Å². The predicted octanol–water partition coefficient (Wildman–Crippen LogP) is 1.07. The number of aryl methyl sites for hydroxylation is 1. The zero-order valence-corrected chi connectivity index (χ0v) is 13.4. The molecular weight excluding hydrogens is 312 g/mol. The minimum atomic E-state index is -1.11. The second kappa shape index (κ2) is 6.65. The number of aliphatic carboxylic acids is 1. The summed E-state index contributed by atoms with van der Waals surface area (Å²) in [5.41, 5.74) is -0.226. The first-order valence-corrected chi connectivity index (χ1v) is 8.75. The van der Waals surface area contributed by atoms with Gasteiger partial charge in [-0.05, 0) is 25.5 Å². The molecule has 0 radical (unpaired) electrons. The molecule has 1 amide bonds. The van der Waals surface area contributed by atoms with Crippen LogP contribution in [0.15, 0.2) is 10.2 Å². The quantitative estimate of drug-likeness (QED) is 0.815. The second-order valence-corrected chi connectivity index (χ2v) is 7.06. The average molecular weight is 330 g/mol. The number of nitrogens with one attached hydrogen (secondary N) is 1. The molecule has 2 heterocycles. The van der Waals surface area contributed by atoms with Crippen molar-refractivity contribution < 1.29 is 14.7 Å². The topological polar surface area (TPSA) is 88.4 Å².